The molecule has 1 heterocycles. The van der Waals surface area contributed by atoms with Gasteiger partial charge < -0.3 is 26.5 Å². The van der Waals surface area contributed by atoms with Gasteiger partial charge in [-0.15, -0.1) is 0 Å². The van der Waals surface area contributed by atoms with E-state index < -0.39 is 35.9 Å². The van der Waals surface area contributed by atoms with Crippen molar-refractivity contribution in [3.63, 3.8) is 0 Å². The van der Waals surface area contributed by atoms with Gasteiger partial charge in [0.05, 0.1) is 12.4 Å². The number of carbonyl (C=O) groups excluding carboxylic acids is 2. The van der Waals surface area contributed by atoms with Crippen molar-refractivity contribution >= 4 is 17.8 Å². The lowest BCUT2D eigenvalue weighted by Gasteiger charge is -2.24. The molecule has 0 aliphatic carbocycles. The molecule has 0 radical (unpaired) electrons. The number of H-pyrrole nitrogens is 1. The Morgan fingerprint density at radius 1 is 1.07 bits per heavy atom. The largest absolute Gasteiger partial charge is 0.480 e. The zero-order chi connectivity index (χ0) is 20.6. The summed E-state index contributed by atoms with van der Waals surface area (Å²) in [6, 6.07) is -2.69. The first-order valence-corrected chi connectivity index (χ1v) is 9.16. The molecule has 0 unspecified atom stereocenters. The molecular formula is C18H31N5O4. The van der Waals surface area contributed by atoms with Gasteiger partial charge in [-0.1, -0.05) is 27.7 Å². The van der Waals surface area contributed by atoms with Gasteiger partial charge in [-0.25, -0.2) is 9.78 Å². The maximum absolute atomic E-state index is 12.6. The molecule has 0 bridgehead atoms. The molecule has 0 aromatic carbocycles. The quantitative estimate of drug-likeness (QED) is 0.375. The number of imidazole rings is 1. The van der Waals surface area contributed by atoms with Crippen molar-refractivity contribution in [2.45, 2.75) is 65.1 Å². The number of amides is 2. The van der Waals surface area contributed by atoms with Gasteiger partial charge in [0, 0.05) is 18.3 Å². The SMILES string of the molecule is CC(C)C[C@H](NC(=O)[C@H](CC(C)C)NC(=O)[C@@H](N)Cc1cnc[nH]1)C(=O)O. The van der Waals surface area contributed by atoms with E-state index in [4.69, 9.17) is 5.73 Å². The van der Waals surface area contributed by atoms with Crippen LogP contribution in [0.25, 0.3) is 0 Å². The summed E-state index contributed by atoms with van der Waals surface area (Å²) < 4.78 is 0. The Bertz CT molecular complexity index is 615. The van der Waals surface area contributed by atoms with Gasteiger partial charge in [-0.05, 0) is 24.7 Å². The number of carbonyl (C=O) groups is 3. The predicted octanol–water partition coefficient (Wildman–Crippen LogP) is 0.426. The number of hydrogen-bond donors (Lipinski definition) is 5. The van der Waals surface area contributed by atoms with Gasteiger partial charge in [0.25, 0.3) is 0 Å². The van der Waals surface area contributed by atoms with Gasteiger partial charge in [0.1, 0.15) is 12.1 Å². The molecule has 27 heavy (non-hydrogen) atoms. The Balaban J connectivity index is 2.76. The molecular weight excluding hydrogens is 350 g/mol. The minimum atomic E-state index is -1.09. The number of aliphatic carboxylic acids is 1. The summed E-state index contributed by atoms with van der Waals surface area (Å²) in [7, 11) is 0. The highest BCUT2D eigenvalue weighted by molar-refractivity contribution is 5.91. The summed E-state index contributed by atoms with van der Waals surface area (Å²) in [5.74, 6) is -1.85. The van der Waals surface area contributed by atoms with Crippen molar-refractivity contribution in [3.8, 4) is 0 Å². The van der Waals surface area contributed by atoms with Crippen molar-refractivity contribution in [2.24, 2.45) is 17.6 Å². The zero-order valence-electron chi connectivity index (χ0n) is 16.4. The zero-order valence-corrected chi connectivity index (χ0v) is 16.4. The van der Waals surface area contributed by atoms with Gasteiger partial charge in [0.2, 0.25) is 11.8 Å². The maximum Gasteiger partial charge on any atom is 0.326 e. The average Bonchev–Trinajstić information content (AvgIpc) is 3.05. The minimum absolute atomic E-state index is 0.104. The van der Waals surface area contributed by atoms with Crippen molar-refractivity contribution in [2.75, 3.05) is 0 Å². The number of aromatic amines is 1. The third kappa shape index (κ3) is 8.21. The molecule has 0 spiro atoms. The fourth-order valence-corrected chi connectivity index (χ4v) is 2.67. The van der Waals surface area contributed by atoms with E-state index in [9.17, 15) is 19.5 Å². The molecule has 6 N–H and O–H groups in total. The van der Waals surface area contributed by atoms with Gasteiger partial charge >= 0.3 is 5.97 Å². The number of carboxylic acids is 1. The fourth-order valence-electron chi connectivity index (χ4n) is 2.67. The van der Waals surface area contributed by atoms with Gasteiger partial charge in [0.15, 0.2) is 0 Å². The molecule has 1 aromatic rings. The first-order chi connectivity index (χ1) is 12.6. The van der Waals surface area contributed by atoms with Gasteiger partial charge in [-0.2, -0.15) is 0 Å². The predicted molar refractivity (Wildman–Crippen MR) is 101 cm³/mol. The van der Waals surface area contributed by atoms with Crippen LogP contribution < -0.4 is 16.4 Å². The number of hydrogen-bond acceptors (Lipinski definition) is 5. The molecule has 0 aliphatic rings. The third-order valence-corrected chi connectivity index (χ3v) is 3.99. The second-order valence-corrected chi connectivity index (χ2v) is 7.61. The minimum Gasteiger partial charge on any atom is -0.480 e. The molecule has 1 aromatic heterocycles. The molecule has 0 saturated heterocycles. The van der Waals surface area contributed by atoms with Crippen molar-refractivity contribution < 1.29 is 19.5 Å². The maximum atomic E-state index is 12.6. The van der Waals surface area contributed by atoms with Crippen molar-refractivity contribution in [1.82, 2.24) is 20.6 Å². The van der Waals surface area contributed by atoms with E-state index >= 15 is 0 Å². The lowest BCUT2D eigenvalue weighted by Crippen LogP contribution is -2.55. The molecule has 0 fully saturated rings. The number of nitrogens with one attached hydrogen (secondary N) is 3. The summed E-state index contributed by atoms with van der Waals surface area (Å²) in [4.78, 5) is 43.1. The van der Waals surface area contributed by atoms with Crippen LogP contribution in [0.4, 0.5) is 0 Å². The molecule has 152 valence electrons. The van der Waals surface area contributed by atoms with Crippen LogP contribution in [-0.2, 0) is 20.8 Å². The van der Waals surface area contributed by atoms with E-state index in [1.165, 1.54) is 6.33 Å². The summed E-state index contributed by atoms with van der Waals surface area (Å²) in [6.45, 7) is 7.59. The van der Waals surface area contributed by atoms with E-state index in [0.717, 1.165) is 0 Å². The Kier molecular flexibility index (Phi) is 8.93. The van der Waals surface area contributed by atoms with Crippen LogP contribution in [0.15, 0.2) is 12.5 Å². The number of carboxylic acid groups (broad SMARTS) is 1. The second-order valence-electron chi connectivity index (χ2n) is 7.61. The second kappa shape index (κ2) is 10.7. The van der Waals surface area contributed by atoms with Crippen LogP contribution in [0.1, 0.15) is 46.2 Å². The average molecular weight is 381 g/mol. The molecule has 3 atom stereocenters. The number of rotatable bonds is 11. The van der Waals surface area contributed by atoms with E-state index in [1.807, 2.05) is 27.7 Å². The van der Waals surface area contributed by atoms with E-state index in [0.29, 0.717) is 18.5 Å². The van der Waals surface area contributed by atoms with Crippen LogP contribution in [0.5, 0.6) is 0 Å². The molecule has 0 saturated carbocycles. The Morgan fingerprint density at radius 3 is 2.11 bits per heavy atom. The smallest absolute Gasteiger partial charge is 0.326 e. The highest BCUT2D eigenvalue weighted by atomic mass is 16.4. The number of nitrogens with zero attached hydrogens (tertiary/aromatic N) is 1. The van der Waals surface area contributed by atoms with Crippen LogP contribution in [0.3, 0.4) is 0 Å². The summed E-state index contributed by atoms with van der Waals surface area (Å²) in [5, 5.41) is 14.5. The molecule has 9 heteroatoms. The lowest BCUT2D eigenvalue weighted by atomic mass is 10.00. The highest BCUT2D eigenvalue weighted by Gasteiger charge is 2.29. The molecule has 1 rings (SSSR count). The number of nitrogens with two attached hydrogens (primary N) is 1. The molecule has 2 amide bonds. The topological polar surface area (TPSA) is 150 Å². The Hall–Kier alpha value is -2.42. The monoisotopic (exact) mass is 381 g/mol. The number of aromatic nitrogens is 2. The van der Waals surface area contributed by atoms with E-state index in [-0.39, 0.29) is 18.3 Å². The van der Waals surface area contributed by atoms with Gasteiger partial charge in [-0.3, -0.25) is 9.59 Å². The normalized spacial score (nSPS) is 14.6. The van der Waals surface area contributed by atoms with Crippen LogP contribution in [0, 0.1) is 11.8 Å². The summed E-state index contributed by atoms with van der Waals surface area (Å²) in [6.07, 6.45) is 4.02. The fraction of sp³-hybridized carbons (Fsp3) is 0.667. The summed E-state index contributed by atoms with van der Waals surface area (Å²) in [5.41, 5.74) is 6.63. The van der Waals surface area contributed by atoms with Crippen molar-refractivity contribution in [3.05, 3.63) is 18.2 Å². The van der Waals surface area contributed by atoms with Crippen LogP contribution in [0.2, 0.25) is 0 Å². The summed E-state index contributed by atoms with van der Waals surface area (Å²) >= 11 is 0. The Labute approximate surface area is 159 Å². The van der Waals surface area contributed by atoms with Crippen LogP contribution >= 0.6 is 0 Å². The Morgan fingerprint density at radius 2 is 1.63 bits per heavy atom. The standard InChI is InChI=1S/C18H31N5O4/c1-10(2)5-14(17(25)23-15(18(26)27)6-11(3)4)22-16(24)13(19)7-12-8-20-9-21-12/h8-11,13-15H,5-7,19H2,1-4H3,(H,20,21)(H,22,24)(H,23,25)(H,26,27)/t13-,14-,15-/m0/s1. The van der Waals surface area contributed by atoms with Crippen LogP contribution in [-0.4, -0.2) is 51.0 Å². The third-order valence-electron chi connectivity index (χ3n) is 3.99. The molecule has 0 aliphatic heterocycles. The van der Waals surface area contributed by atoms with E-state index in [2.05, 4.69) is 20.6 Å². The first-order valence-electron chi connectivity index (χ1n) is 9.16. The first kappa shape index (κ1) is 22.6. The lowest BCUT2D eigenvalue weighted by molar-refractivity contribution is -0.142. The highest BCUT2D eigenvalue weighted by Crippen LogP contribution is 2.09. The molecule has 9 nitrogen and oxygen atoms in total. The van der Waals surface area contributed by atoms with Crippen molar-refractivity contribution in [1.29, 1.82) is 0 Å². The van der Waals surface area contributed by atoms with E-state index in [1.54, 1.807) is 6.20 Å².